The molecule has 3 N–H and O–H groups in total. The Bertz CT molecular complexity index is 1020. The first kappa shape index (κ1) is 20.2. The summed E-state index contributed by atoms with van der Waals surface area (Å²) < 4.78 is 49.8. The molecule has 0 heterocycles. The van der Waals surface area contributed by atoms with Crippen LogP contribution < -0.4 is 9.86 Å². The summed E-state index contributed by atoms with van der Waals surface area (Å²) in [4.78, 5) is -0.286. The first-order chi connectivity index (χ1) is 11.9. The second-order valence-electron chi connectivity index (χ2n) is 6.86. The largest absolute Gasteiger partial charge is 0.279 e. The predicted octanol–water partition coefficient (Wildman–Crippen LogP) is 3.04. The van der Waals surface area contributed by atoms with E-state index in [1.807, 2.05) is 24.3 Å². The van der Waals surface area contributed by atoms with Gasteiger partial charge in [-0.3, -0.25) is 4.72 Å². The van der Waals surface area contributed by atoms with Crippen LogP contribution in [0, 0.1) is 0 Å². The van der Waals surface area contributed by atoms with Gasteiger partial charge in [0.2, 0.25) is 10.0 Å². The minimum absolute atomic E-state index is 0.00724. The van der Waals surface area contributed by atoms with E-state index in [0.29, 0.717) is 5.56 Å². The SMILES string of the molecule is CC(C)(C)c1ccc(/C=C/S(=O)(=O)Nc2ccccc2S(N)(=O)=O)cc1. The lowest BCUT2D eigenvalue weighted by Gasteiger charge is -2.18. The topological polar surface area (TPSA) is 106 Å². The summed E-state index contributed by atoms with van der Waals surface area (Å²) in [5, 5.41) is 6.10. The van der Waals surface area contributed by atoms with Crippen molar-refractivity contribution in [2.75, 3.05) is 4.72 Å². The maximum Gasteiger partial charge on any atom is 0.255 e. The average Bonchev–Trinajstić information content (AvgIpc) is 2.52. The van der Waals surface area contributed by atoms with Gasteiger partial charge in [-0.1, -0.05) is 57.2 Å². The zero-order valence-electron chi connectivity index (χ0n) is 14.8. The molecular formula is C18H22N2O4S2. The van der Waals surface area contributed by atoms with Gasteiger partial charge in [0, 0.05) is 0 Å². The molecule has 0 saturated carbocycles. The maximum absolute atomic E-state index is 12.2. The second-order valence-corrected chi connectivity index (χ2v) is 9.96. The van der Waals surface area contributed by atoms with Crippen molar-refractivity contribution < 1.29 is 16.8 Å². The molecule has 0 aliphatic carbocycles. The van der Waals surface area contributed by atoms with E-state index in [9.17, 15) is 16.8 Å². The van der Waals surface area contributed by atoms with Crippen molar-refractivity contribution in [3.63, 3.8) is 0 Å². The molecule has 0 saturated heterocycles. The van der Waals surface area contributed by atoms with Crippen LogP contribution in [0.15, 0.2) is 58.8 Å². The fraction of sp³-hybridized carbons (Fsp3) is 0.222. The molecule has 6 nitrogen and oxygen atoms in total. The zero-order chi connectivity index (χ0) is 19.6. The van der Waals surface area contributed by atoms with Gasteiger partial charge < -0.3 is 0 Å². The van der Waals surface area contributed by atoms with E-state index in [4.69, 9.17) is 5.14 Å². The lowest BCUT2D eigenvalue weighted by molar-refractivity contribution is 0.590. The number of anilines is 1. The Labute approximate surface area is 154 Å². The normalized spacial score (nSPS) is 13.1. The average molecular weight is 395 g/mol. The van der Waals surface area contributed by atoms with Gasteiger partial charge in [-0.25, -0.2) is 22.0 Å². The highest BCUT2D eigenvalue weighted by molar-refractivity contribution is 7.95. The van der Waals surface area contributed by atoms with Crippen molar-refractivity contribution in [2.45, 2.75) is 31.1 Å². The summed E-state index contributed by atoms with van der Waals surface area (Å²) in [6.07, 6.45) is 1.44. The fourth-order valence-corrected chi connectivity index (χ4v) is 3.90. The Hall–Kier alpha value is -2.16. The summed E-state index contributed by atoms with van der Waals surface area (Å²) in [5.74, 6) is 0. The number of nitrogens with one attached hydrogen (secondary N) is 1. The Morgan fingerprint density at radius 1 is 0.923 bits per heavy atom. The molecule has 0 unspecified atom stereocenters. The molecule has 26 heavy (non-hydrogen) atoms. The van der Waals surface area contributed by atoms with E-state index < -0.39 is 20.0 Å². The smallest absolute Gasteiger partial charge is 0.255 e. The number of sulfonamides is 2. The van der Waals surface area contributed by atoms with Gasteiger partial charge >= 0.3 is 0 Å². The van der Waals surface area contributed by atoms with E-state index in [2.05, 4.69) is 25.5 Å². The van der Waals surface area contributed by atoms with Gasteiger partial charge in [-0.15, -0.1) is 0 Å². The van der Waals surface area contributed by atoms with Gasteiger partial charge in [-0.05, 0) is 34.8 Å². The first-order valence-corrected chi connectivity index (χ1v) is 10.9. The summed E-state index contributed by atoms with van der Waals surface area (Å²) in [7, 11) is -7.95. The molecule has 0 aromatic heterocycles. The van der Waals surface area contributed by atoms with Gasteiger partial charge in [0.1, 0.15) is 4.90 Å². The van der Waals surface area contributed by atoms with E-state index in [0.717, 1.165) is 11.0 Å². The van der Waals surface area contributed by atoms with Crippen molar-refractivity contribution in [1.82, 2.24) is 0 Å². The van der Waals surface area contributed by atoms with Crippen LogP contribution in [0.2, 0.25) is 0 Å². The van der Waals surface area contributed by atoms with Crippen LogP contribution >= 0.6 is 0 Å². The highest BCUT2D eigenvalue weighted by Crippen LogP contribution is 2.23. The monoisotopic (exact) mass is 394 g/mol. The van der Waals surface area contributed by atoms with E-state index in [1.54, 1.807) is 0 Å². The molecule has 2 rings (SSSR count). The van der Waals surface area contributed by atoms with Crippen LogP contribution in [0.4, 0.5) is 5.69 Å². The number of para-hydroxylation sites is 1. The Balaban J connectivity index is 2.24. The number of rotatable bonds is 5. The van der Waals surface area contributed by atoms with Crippen LogP contribution in [0.1, 0.15) is 31.9 Å². The third-order valence-electron chi connectivity index (χ3n) is 3.66. The van der Waals surface area contributed by atoms with Crippen molar-refractivity contribution >= 4 is 31.8 Å². The molecule has 140 valence electrons. The maximum atomic E-state index is 12.2. The highest BCUT2D eigenvalue weighted by atomic mass is 32.2. The summed E-state index contributed by atoms with van der Waals surface area (Å²) in [6.45, 7) is 6.28. The van der Waals surface area contributed by atoms with E-state index >= 15 is 0 Å². The van der Waals surface area contributed by atoms with Gasteiger partial charge in [-0.2, -0.15) is 0 Å². The second kappa shape index (κ2) is 7.22. The summed E-state index contributed by atoms with van der Waals surface area (Å²) in [6, 6.07) is 13.1. The van der Waals surface area contributed by atoms with E-state index in [1.165, 1.54) is 30.3 Å². The number of hydrogen-bond acceptors (Lipinski definition) is 4. The minimum atomic E-state index is -4.04. The highest BCUT2D eigenvalue weighted by Gasteiger charge is 2.17. The van der Waals surface area contributed by atoms with Gasteiger partial charge in [0.15, 0.2) is 0 Å². The van der Waals surface area contributed by atoms with Gasteiger partial charge in [0.25, 0.3) is 10.0 Å². The molecular weight excluding hydrogens is 372 g/mol. The lowest BCUT2D eigenvalue weighted by atomic mass is 9.87. The number of hydrogen-bond donors (Lipinski definition) is 2. The van der Waals surface area contributed by atoms with Crippen molar-refractivity contribution in [3.8, 4) is 0 Å². The first-order valence-electron chi connectivity index (χ1n) is 7.82. The molecule has 0 aliphatic rings. The van der Waals surface area contributed by atoms with Crippen LogP contribution in [0.5, 0.6) is 0 Å². The Kier molecular flexibility index (Phi) is 5.60. The molecule has 2 aromatic carbocycles. The molecule has 0 bridgehead atoms. The van der Waals surface area contributed by atoms with Crippen molar-refractivity contribution in [1.29, 1.82) is 0 Å². The molecule has 0 spiro atoms. The molecule has 8 heteroatoms. The third kappa shape index (κ3) is 5.42. The molecule has 0 radical (unpaired) electrons. The molecule has 0 fully saturated rings. The van der Waals surface area contributed by atoms with Crippen molar-refractivity contribution in [3.05, 3.63) is 65.1 Å². The number of nitrogens with two attached hydrogens (primary N) is 1. The fourth-order valence-electron chi connectivity index (χ4n) is 2.25. The quantitative estimate of drug-likeness (QED) is 0.813. The van der Waals surface area contributed by atoms with Crippen LogP contribution in [-0.2, 0) is 25.5 Å². The summed E-state index contributed by atoms with van der Waals surface area (Å²) >= 11 is 0. The molecule has 0 aliphatic heterocycles. The van der Waals surface area contributed by atoms with E-state index in [-0.39, 0.29) is 16.0 Å². The zero-order valence-corrected chi connectivity index (χ0v) is 16.4. The van der Waals surface area contributed by atoms with Crippen molar-refractivity contribution in [2.24, 2.45) is 5.14 Å². The number of benzene rings is 2. The molecule has 0 atom stereocenters. The lowest BCUT2D eigenvalue weighted by Crippen LogP contribution is -2.17. The number of primary sulfonamides is 1. The minimum Gasteiger partial charge on any atom is -0.279 e. The molecule has 2 aromatic rings. The third-order valence-corrected chi connectivity index (χ3v) is 5.63. The molecule has 0 amide bonds. The Morgan fingerprint density at radius 2 is 1.50 bits per heavy atom. The predicted molar refractivity (Wildman–Crippen MR) is 105 cm³/mol. The standard InChI is InChI=1S/C18H22N2O4S2/c1-18(2,3)15-10-8-14(9-11-15)12-13-25(21,22)20-16-6-4-5-7-17(16)26(19,23)24/h4-13,20H,1-3H3,(H2,19,23,24)/b13-12+. The summed E-state index contributed by atoms with van der Waals surface area (Å²) in [5.41, 5.74) is 1.76. The van der Waals surface area contributed by atoms with Gasteiger partial charge in [0.05, 0.1) is 11.1 Å². The van der Waals surface area contributed by atoms with Crippen LogP contribution in [-0.4, -0.2) is 16.8 Å². The van der Waals surface area contributed by atoms with Crippen LogP contribution in [0.3, 0.4) is 0 Å². The Morgan fingerprint density at radius 3 is 2.04 bits per heavy atom. The van der Waals surface area contributed by atoms with Crippen LogP contribution in [0.25, 0.3) is 6.08 Å².